The number of likely N-dealkylation sites (N-methyl/N-ethyl adjacent to an activating group) is 2. The van der Waals surface area contributed by atoms with Gasteiger partial charge in [-0.3, -0.25) is 4.90 Å². The van der Waals surface area contributed by atoms with E-state index in [1.165, 1.54) is 22.9 Å². The molecule has 24 heavy (non-hydrogen) atoms. The first-order chi connectivity index (χ1) is 10.7. The van der Waals surface area contributed by atoms with Crippen LogP contribution in [-0.2, 0) is 10.2 Å². The molecule has 2 aliphatic heterocycles. The Morgan fingerprint density at radius 3 is 2.50 bits per heavy atom. The number of halogens is 1. The molecule has 0 bridgehead atoms. The molecule has 0 saturated carbocycles. The van der Waals surface area contributed by atoms with Gasteiger partial charge in [0, 0.05) is 31.8 Å². The Morgan fingerprint density at radius 2 is 1.92 bits per heavy atom. The molecule has 1 aromatic carbocycles. The molecule has 1 saturated heterocycles. The van der Waals surface area contributed by atoms with Gasteiger partial charge in [-0.1, -0.05) is 26.6 Å². The summed E-state index contributed by atoms with van der Waals surface area (Å²) in [5.41, 5.74) is 3.00. The molecule has 1 fully saturated rings. The molecule has 0 radical (unpaired) electrons. The molecule has 2 aliphatic rings. The van der Waals surface area contributed by atoms with E-state index in [0.29, 0.717) is 13.0 Å². The lowest BCUT2D eigenvalue weighted by molar-refractivity contribution is 0.0517. The van der Waals surface area contributed by atoms with Gasteiger partial charge in [0.2, 0.25) is 0 Å². The van der Waals surface area contributed by atoms with Crippen molar-refractivity contribution in [3.8, 4) is 5.75 Å². The van der Waals surface area contributed by atoms with Gasteiger partial charge in [0.15, 0.2) is 6.79 Å². The second-order valence-corrected chi connectivity index (χ2v) is 13.3. The molecule has 0 aliphatic carbocycles. The average molecular weight is 371 g/mol. The molecule has 0 N–H and O–H groups in total. The van der Waals surface area contributed by atoms with Crippen LogP contribution in [0.3, 0.4) is 0 Å². The van der Waals surface area contributed by atoms with Crippen LogP contribution in [0, 0.1) is 0 Å². The Bertz CT molecular complexity index is 620. The largest absolute Gasteiger partial charge is 0.468 e. The summed E-state index contributed by atoms with van der Waals surface area (Å²) in [5.74, 6) is 1.02. The molecule has 0 spiro atoms. The molecule has 0 unspecified atom stereocenters. The van der Waals surface area contributed by atoms with Gasteiger partial charge < -0.3 is 14.4 Å². The van der Waals surface area contributed by atoms with Crippen molar-refractivity contribution in [1.82, 2.24) is 4.90 Å². The smallest absolute Gasteiger partial charge is 0.188 e. The second-order valence-electron chi connectivity index (χ2n) is 8.30. The molecule has 0 aromatic heterocycles. The van der Waals surface area contributed by atoms with E-state index in [1.807, 2.05) is 0 Å². The van der Waals surface area contributed by atoms with Gasteiger partial charge in [-0.05, 0) is 36.4 Å². The summed E-state index contributed by atoms with van der Waals surface area (Å²) in [7, 11) is 4.65. The first kappa shape index (κ1) is 19.6. The number of fused-ring (bicyclic) bond motifs is 3. The predicted octanol–water partition coefficient (Wildman–Crippen LogP) is 3.01. The van der Waals surface area contributed by atoms with E-state index in [0.717, 1.165) is 12.3 Å². The standard InChI is InChI=1S/C18H30N2O2Si.ClH/c1-18-8-9-19(2)17(18)20(3)14-11-16(23(5,6)7)15(10-13(14)18)22-12-21-4;/h10-11,17H,8-9,12H2,1-7H3;1H/t17-,18+;/m1./s1. The Kier molecular flexibility index (Phi) is 5.32. The number of benzene rings is 1. The van der Waals surface area contributed by atoms with Crippen LogP contribution in [0.2, 0.25) is 19.6 Å². The first-order valence-electron chi connectivity index (χ1n) is 8.44. The third-order valence-electron chi connectivity index (χ3n) is 5.57. The van der Waals surface area contributed by atoms with Gasteiger partial charge in [0.05, 0.1) is 14.2 Å². The lowest BCUT2D eigenvalue weighted by Gasteiger charge is -2.32. The Labute approximate surface area is 153 Å². The lowest BCUT2D eigenvalue weighted by atomic mass is 9.81. The number of ether oxygens (including phenoxy) is 2. The number of rotatable bonds is 4. The number of anilines is 1. The van der Waals surface area contributed by atoms with E-state index in [9.17, 15) is 0 Å². The van der Waals surface area contributed by atoms with Crippen LogP contribution in [0.25, 0.3) is 0 Å². The maximum Gasteiger partial charge on any atom is 0.188 e. The van der Waals surface area contributed by atoms with Crippen LogP contribution in [0.1, 0.15) is 18.9 Å². The summed E-state index contributed by atoms with van der Waals surface area (Å²) in [6, 6.07) is 4.70. The van der Waals surface area contributed by atoms with E-state index < -0.39 is 8.07 Å². The zero-order valence-electron chi connectivity index (χ0n) is 16.0. The SMILES string of the molecule is COCOc1cc2c(cc1[Si](C)(C)C)N(C)[C@H]1N(C)CC[C@@]21C.Cl. The molecule has 2 atom stereocenters. The number of nitrogens with zero attached hydrogens (tertiary/aromatic N) is 2. The van der Waals surface area contributed by atoms with Gasteiger partial charge in [0.1, 0.15) is 5.75 Å². The van der Waals surface area contributed by atoms with E-state index in [2.05, 4.69) is 62.6 Å². The lowest BCUT2D eigenvalue weighted by Crippen LogP contribution is -2.45. The van der Waals surface area contributed by atoms with Crippen molar-refractivity contribution in [3.63, 3.8) is 0 Å². The second kappa shape index (κ2) is 6.52. The summed E-state index contributed by atoms with van der Waals surface area (Å²) in [4.78, 5) is 4.94. The third-order valence-corrected chi connectivity index (χ3v) is 7.58. The Balaban J connectivity index is 0.00000208. The highest BCUT2D eigenvalue weighted by Crippen LogP contribution is 2.51. The third kappa shape index (κ3) is 2.85. The molecule has 136 valence electrons. The summed E-state index contributed by atoms with van der Waals surface area (Å²) in [6.07, 6.45) is 1.64. The first-order valence-corrected chi connectivity index (χ1v) is 11.9. The molecule has 4 nitrogen and oxygen atoms in total. The van der Waals surface area contributed by atoms with E-state index >= 15 is 0 Å². The van der Waals surface area contributed by atoms with Crippen molar-refractivity contribution in [2.24, 2.45) is 0 Å². The summed E-state index contributed by atoms with van der Waals surface area (Å²) in [5, 5.41) is 1.38. The maximum atomic E-state index is 5.97. The van der Waals surface area contributed by atoms with Crippen LogP contribution in [0.15, 0.2) is 12.1 Å². The average Bonchev–Trinajstić information content (AvgIpc) is 2.89. The van der Waals surface area contributed by atoms with Crippen molar-refractivity contribution in [2.45, 2.75) is 44.6 Å². The highest BCUT2D eigenvalue weighted by Gasteiger charge is 2.52. The maximum absolute atomic E-state index is 5.97. The van der Waals surface area contributed by atoms with Crippen LogP contribution in [0.4, 0.5) is 5.69 Å². The summed E-state index contributed by atoms with van der Waals surface area (Å²) in [6.45, 7) is 11.0. The monoisotopic (exact) mass is 370 g/mol. The van der Waals surface area contributed by atoms with E-state index in [4.69, 9.17) is 9.47 Å². The van der Waals surface area contributed by atoms with Gasteiger partial charge in [-0.25, -0.2) is 0 Å². The molecule has 1 aromatic rings. The van der Waals surface area contributed by atoms with Gasteiger partial charge in [-0.15, -0.1) is 12.4 Å². The van der Waals surface area contributed by atoms with Gasteiger partial charge >= 0.3 is 0 Å². The van der Waals surface area contributed by atoms with Gasteiger partial charge in [-0.2, -0.15) is 0 Å². The van der Waals surface area contributed by atoms with Crippen LogP contribution in [0.5, 0.6) is 5.75 Å². The topological polar surface area (TPSA) is 24.9 Å². The molecule has 3 rings (SSSR count). The predicted molar refractivity (Wildman–Crippen MR) is 106 cm³/mol. The fraction of sp³-hybridized carbons (Fsp3) is 0.667. The van der Waals surface area contributed by atoms with Crippen molar-refractivity contribution >= 4 is 31.4 Å². The summed E-state index contributed by atoms with van der Waals surface area (Å²) >= 11 is 0. The highest BCUT2D eigenvalue weighted by molar-refractivity contribution is 6.89. The molecule has 0 amide bonds. The van der Waals surface area contributed by atoms with Crippen LogP contribution < -0.4 is 14.8 Å². The van der Waals surface area contributed by atoms with Crippen molar-refractivity contribution < 1.29 is 9.47 Å². The molecule has 6 heteroatoms. The van der Waals surface area contributed by atoms with Crippen LogP contribution >= 0.6 is 12.4 Å². The zero-order valence-corrected chi connectivity index (χ0v) is 17.8. The zero-order chi connectivity index (χ0) is 17.0. The molecule has 2 heterocycles. The van der Waals surface area contributed by atoms with Gasteiger partial charge in [0.25, 0.3) is 0 Å². The number of methoxy groups -OCH3 is 1. The summed E-state index contributed by atoms with van der Waals surface area (Å²) < 4.78 is 11.1. The minimum atomic E-state index is -1.50. The Morgan fingerprint density at radius 1 is 1.25 bits per heavy atom. The van der Waals surface area contributed by atoms with Crippen molar-refractivity contribution in [3.05, 3.63) is 17.7 Å². The quantitative estimate of drug-likeness (QED) is 0.600. The molecular formula is C18H31ClN2O2Si. The number of hydrogen-bond acceptors (Lipinski definition) is 4. The van der Waals surface area contributed by atoms with E-state index in [1.54, 1.807) is 7.11 Å². The molecular weight excluding hydrogens is 340 g/mol. The number of likely N-dealkylation sites (tertiary alicyclic amines) is 1. The number of hydrogen-bond donors (Lipinski definition) is 0. The highest BCUT2D eigenvalue weighted by atomic mass is 35.5. The fourth-order valence-corrected chi connectivity index (χ4v) is 5.87. The normalized spacial score (nSPS) is 26.1. The minimum Gasteiger partial charge on any atom is -0.468 e. The fourth-order valence-electron chi connectivity index (χ4n) is 4.42. The van der Waals surface area contributed by atoms with Crippen molar-refractivity contribution in [1.29, 1.82) is 0 Å². The van der Waals surface area contributed by atoms with Crippen molar-refractivity contribution in [2.75, 3.05) is 39.4 Å². The van der Waals surface area contributed by atoms with Crippen LogP contribution in [-0.4, -0.2) is 53.7 Å². The Hall–Kier alpha value is -0.753. The minimum absolute atomic E-state index is 0. The van der Waals surface area contributed by atoms with E-state index in [-0.39, 0.29) is 17.8 Å².